The van der Waals surface area contributed by atoms with Gasteiger partial charge in [-0.05, 0) is 18.4 Å². The van der Waals surface area contributed by atoms with Gasteiger partial charge in [-0.15, -0.1) is 11.3 Å². The van der Waals surface area contributed by atoms with E-state index in [9.17, 15) is 13.2 Å². The first-order valence-electron chi connectivity index (χ1n) is 4.71. The fourth-order valence-corrected chi connectivity index (χ4v) is 3.69. The van der Waals surface area contributed by atoms with Crippen molar-refractivity contribution in [2.75, 3.05) is 13.7 Å². The van der Waals surface area contributed by atoms with E-state index in [2.05, 4.69) is 9.46 Å². The van der Waals surface area contributed by atoms with Crippen LogP contribution in [0.5, 0.6) is 0 Å². The van der Waals surface area contributed by atoms with Crippen LogP contribution in [0.15, 0.2) is 16.3 Å². The van der Waals surface area contributed by atoms with Gasteiger partial charge in [0.1, 0.15) is 9.77 Å². The number of ether oxygens (including phenoxy) is 1. The summed E-state index contributed by atoms with van der Waals surface area (Å²) < 4.78 is 30.5. The van der Waals surface area contributed by atoms with Crippen LogP contribution in [0.25, 0.3) is 0 Å². The number of carbonyl (C=O) groups excluding carboxylic acids is 1. The Hall–Kier alpha value is -0.960. The lowest BCUT2D eigenvalue weighted by Crippen LogP contribution is -2.35. The molecule has 0 amide bonds. The molecular formula is C9H13NO5S2. The van der Waals surface area contributed by atoms with E-state index >= 15 is 0 Å². The van der Waals surface area contributed by atoms with E-state index in [1.165, 1.54) is 25.5 Å². The molecule has 0 saturated heterocycles. The smallest absolute Gasteiger partial charge is 0.349 e. The Balaban J connectivity index is 3.08. The van der Waals surface area contributed by atoms with E-state index in [0.717, 1.165) is 11.3 Å². The Kier molecular flexibility index (Phi) is 4.63. The molecule has 0 aromatic carbocycles. The first-order valence-corrected chi connectivity index (χ1v) is 7.07. The highest BCUT2D eigenvalue weighted by Gasteiger charge is 2.25. The summed E-state index contributed by atoms with van der Waals surface area (Å²) in [6.07, 6.45) is 0. The molecule has 0 saturated carbocycles. The largest absolute Gasteiger partial charge is 0.465 e. The number of methoxy groups -OCH3 is 1. The Labute approximate surface area is 103 Å². The summed E-state index contributed by atoms with van der Waals surface area (Å²) in [5.41, 5.74) is 0. The number of aliphatic hydroxyl groups is 1. The number of hydrogen-bond acceptors (Lipinski definition) is 6. The molecule has 0 aliphatic rings. The van der Waals surface area contributed by atoms with E-state index in [1.54, 1.807) is 0 Å². The lowest BCUT2D eigenvalue weighted by atomic mass is 10.4. The molecule has 1 rings (SSSR count). The highest BCUT2D eigenvalue weighted by atomic mass is 32.2. The van der Waals surface area contributed by atoms with Crippen molar-refractivity contribution in [3.8, 4) is 0 Å². The average molecular weight is 279 g/mol. The van der Waals surface area contributed by atoms with E-state index in [-0.39, 0.29) is 16.4 Å². The first kappa shape index (κ1) is 14.1. The minimum Gasteiger partial charge on any atom is -0.465 e. The Morgan fingerprint density at radius 3 is 2.82 bits per heavy atom. The maximum atomic E-state index is 11.9. The van der Waals surface area contributed by atoms with Gasteiger partial charge in [0.15, 0.2) is 0 Å². The van der Waals surface area contributed by atoms with Crippen LogP contribution in [0.2, 0.25) is 0 Å². The van der Waals surface area contributed by atoms with Crippen molar-refractivity contribution >= 4 is 27.3 Å². The van der Waals surface area contributed by atoms with Gasteiger partial charge in [0.05, 0.1) is 13.7 Å². The molecule has 96 valence electrons. The van der Waals surface area contributed by atoms with Crippen molar-refractivity contribution in [2.45, 2.75) is 17.9 Å². The van der Waals surface area contributed by atoms with Crippen molar-refractivity contribution in [3.05, 3.63) is 16.3 Å². The van der Waals surface area contributed by atoms with Crippen LogP contribution >= 0.6 is 11.3 Å². The van der Waals surface area contributed by atoms with E-state index in [0.29, 0.717) is 0 Å². The normalized spacial score (nSPS) is 13.4. The first-order chi connectivity index (χ1) is 7.92. The van der Waals surface area contributed by atoms with Gasteiger partial charge >= 0.3 is 5.97 Å². The summed E-state index contributed by atoms with van der Waals surface area (Å²) in [5, 5.41) is 10.3. The van der Waals surface area contributed by atoms with Crippen LogP contribution in [0.3, 0.4) is 0 Å². The maximum Gasteiger partial charge on any atom is 0.349 e. The molecule has 2 N–H and O–H groups in total. The fraction of sp³-hybridized carbons (Fsp3) is 0.444. The Bertz CT molecular complexity index is 493. The molecular weight excluding hydrogens is 266 g/mol. The fourth-order valence-electron chi connectivity index (χ4n) is 1.12. The quantitative estimate of drug-likeness (QED) is 0.751. The third-order valence-electron chi connectivity index (χ3n) is 1.92. The van der Waals surface area contributed by atoms with Crippen LogP contribution < -0.4 is 4.72 Å². The molecule has 0 aliphatic carbocycles. The van der Waals surface area contributed by atoms with E-state index in [1.807, 2.05) is 0 Å². The molecule has 1 heterocycles. The summed E-state index contributed by atoms with van der Waals surface area (Å²) in [6, 6.07) is 0.703. The zero-order valence-corrected chi connectivity index (χ0v) is 11.0. The number of carbonyl (C=O) groups is 1. The molecule has 1 atom stereocenters. The van der Waals surface area contributed by atoms with Crippen LogP contribution in [-0.2, 0) is 14.8 Å². The maximum absolute atomic E-state index is 11.9. The summed E-state index contributed by atoms with van der Waals surface area (Å²) >= 11 is 0.988. The molecule has 6 nitrogen and oxygen atoms in total. The van der Waals surface area contributed by atoms with Gasteiger partial charge in [0.2, 0.25) is 10.0 Å². The lowest BCUT2D eigenvalue weighted by Gasteiger charge is -2.11. The number of thiophene rings is 1. The van der Waals surface area contributed by atoms with E-state index in [4.69, 9.17) is 5.11 Å². The Morgan fingerprint density at radius 1 is 1.65 bits per heavy atom. The molecule has 0 bridgehead atoms. The SMILES string of the molecule is COC(=O)c1sccc1S(=O)(=O)N[C@@H](C)CO. The summed E-state index contributed by atoms with van der Waals surface area (Å²) in [6.45, 7) is 1.19. The van der Waals surface area contributed by atoms with Gasteiger partial charge < -0.3 is 9.84 Å². The Morgan fingerprint density at radius 2 is 2.29 bits per heavy atom. The minimum atomic E-state index is -3.81. The molecule has 1 aromatic rings. The van der Waals surface area contributed by atoms with Crippen LogP contribution in [-0.4, -0.2) is 39.3 Å². The third-order valence-corrected chi connectivity index (χ3v) is 4.58. The second-order valence-electron chi connectivity index (χ2n) is 3.31. The predicted molar refractivity (Wildman–Crippen MR) is 62.5 cm³/mol. The topological polar surface area (TPSA) is 92.7 Å². The number of aliphatic hydroxyl groups excluding tert-OH is 1. The monoisotopic (exact) mass is 279 g/mol. The van der Waals surface area contributed by atoms with Crippen molar-refractivity contribution in [3.63, 3.8) is 0 Å². The summed E-state index contributed by atoms with van der Waals surface area (Å²) in [5.74, 6) is -0.697. The summed E-state index contributed by atoms with van der Waals surface area (Å²) in [7, 11) is -2.63. The molecule has 8 heteroatoms. The van der Waals surface area contributed by atoms with Crippen LogP contribution in [0.4, 0.5) is 0 Å². The number of esters is 1. The predicted octanol–water partition coefficient (Wildman–Crippen LogP) is 0.194. The zero-order valence-electron chi connectivity index (χ0n) is 9.34. The molecule has 0 aliphatic heterocycles. The van der Waals surface area contributed by atoms with Crippen molar-refractivity contribution in [1.29, 1.82) is 0 Å². The highest BCUT2D eigenvalue weighted by molar-refractivity contribution is 7.89. The highest BCUT2D eigenvalue weighted by Crippen LogP contribution is 2.22. The number of sulfonamides is 1. The second-order valence-corrected chi connectivity index (χ2v) is 5.91. The van der Waals surface area contributed by atoms with Gasteiger partial charge in [-0.1, -0.05) is 0 Å². The van der Waals surface area contributed by atoms with Gasteiger partial charge in [0, 0.05) is 6.04 Å². The standard InChI is InChI=1S/C9H13NO5S2/c1-6(5-11)10-17(13,14)7-3-4-16-8(7)9(12)15-2/h3-4,6,10-11H,5H2,1-2H3/t6-/m0/s1. The zero-order chi connectivity index (χ0) is 13.1. The summed E-state index contributed by atoms with van der Waals surface area (Å²) in [4.78, 5) is 11.2. The van der Waals surface area contributed by atoms with Gasteiger partial charge in [-0.3, -0.25) is 0 Å². The number of nitrogens with one attached hydrogen (secondary N) is 1. The van der Waals surface area contributed by atoms with Gasteiger partial charge in [0.25, 0.3) is 0 Å². The molecule has 17 heavy (non-hydrogen) atoms. The average Bonchev–Trinajstić information content (AvgIpc) is 2.76. The van der Waals surface area contributed by atoms with Gasteiger partial charge in [-0.25, -0.2) is 17.9 Å². The van der Waals surface area contributed by atoms with Crippen molar-refractivity contribution in [1.82, 2.24) is 4.72 Å². The molecule has 0 spiro atoms. The number of rotatable bonds is 5. The third kappa shape index (κ3) is 3.25. The van der Waals surface area contributed by atoms with Crippen molar-refractivity contribution < 1.29 is 23.1 Å². The lowest BCUT2D eigenvalue weighted by molar-refractivity contribution is 0.0602. The molecule has 1 aromatic heterocycles. The molecule has 0 fully saturated rings. The van der Waals surface area contributed by atoms with Crippen molar-refractivity contribution in [2.24, 2.45) is 0 Å². The second kappa shape index (κ2) is 5.58. The van der Waals surface area contributed by atoms with Crippen LogP contribution in [0.1, 0.15) is 16.6 Å². The number of hydrogen-bond donors (Lipinski definition) is 2. The molecule has 0 radical (unpaired) electrons. The van der Waals surface area contributed by atoms with E-state index < -0.39 is 22.0 Å². The van der Waals surface area contributed by atoms with Crippen LogP contribution in [0, 0.1) is 0 Å². The minimum absolute atomic E-state index is 0.0186. The van der Waals surface area contributed by atoms with Gasteiger partial charge in [-0.2, -0.15) is 0 Å². The molecule has 0 unspecified atom stereocenters.